The molecule has 4 nitrogen and oxygen atoms in total. The number of fused-ring (bicyclic) bond motifs is 18. The van der Waals surface area contributed by atoms with E-state index in [-0.39, 0.29) is 0 Å². The molecule has 21 rings (SSSR count). The van der Waals surface area contributed by atoms with Crippen LogP contribution in [0.3, 0.4) is 0 Å². The maximum atomic E-state index is 6.95. The molecule has 476 valence electrons. The van der Waals surface area contributed by atoms with Crippen LogP contribution < -0.4 is 9.80 Å². The van der Waals surface area contributed by atoms with Crippen molar-refractivity contribution in [2.24, 2.45) is 0 Å². The molecule has 21 aromatic rings. The van der Waals surface area contributed by atoms with Crippen molar-refractivity contribution >= 4 is 164 Å². The lowest BCUT2D eigenvalue weighted by molar-refractivity contribution is 0.672. The summed E-state index contributed by atoms with van der Waals surface area (Å²) in [5, 5.41) is 23.9. The number of para-hydroxylation sites is 2. The fraction of sp³-hybridized carbons (Fsp3) is 0. The van der Waals surface area contributed by atoms with Crippen molar-refractivity contribution in [1.29, 1.82) is 0 Å². The Hall–Kier alpha value is -13.5. The Morgan fingerprint density at radius 3 is 1.02 bits per heavy atom. The van der Waals surface area contributed by atoms with Crippen molar-refractivity contribution in [2.75, 3.05) is 9.80 Å². The molecule has 0 aliphatic rings. The van der Waals surface area contributed by atoms with E-state index in [1.165, 1.54) is 109 Å². The van der Waals surface area contributed by atoms with Gasteiger partial charge in [-0.1, -0.05) is 309 Å². The molecule has 0 radical (unpaired) electrons. The second-order valence-electron chi connectivity index (χ2n) is 26.6. The van der Waals surface area contributed by atoms with E-state index < -0.39 is 0 Å². The highest BCUT2D eigenvalue weighted by molar-refractivity contribution is 6.21. The van der Waals surface area contributed by atoms with Crippen LogP contribution in [0.1, 0.15) is 0 Å². The van der Waals surface area contributed by atoms with Crippen molar-refractivity contribution in [2.45, 2.75) is 0 Å². The standard InChI is InChI=1S/C52H33NO.C46H29NO/c1-4-15-41-36(11-1)14-9-20-42(41)38-25-23-34(24-26-38)35-27-30-40(31-28-35)53(50-33-39-13-3-5-16-43(39)45-18-7-8-19-46(45)50)49-22-10-21-47-48-32-29-37-12-2-6-17-44(37)51(48)54-52(47)49;1-4-13-37-30(9-1)12-7-16-39(37)33-21-24-35(25-22-33)47(36-26-28-40-34(29-36)20-19-31-10-2-5-14-38(31)40)44-18-8-17-42-43-27-23-32-11-3-6-15-41(32)45(43)48-46(42)44/h1-33H;1-29H. The Morgan fingerprint density at radius 2 is 0.471 bits per heavy atom. The quantitative estimate of drug-likeness (QED) is 0.135. The molecule has 0 bridgehead atoms. The minimum absolute atomic E-state index is 0.870. The van der Waals surface area contributed by atoms with E-state index in [0.717, 1.165) is 88.8 Å². The number of hydrogen-bond acceptors (Lipinski definition) is 4. The fourth-order valence-corrected chi connectivity index (χ4v) is 16.0. The van der Waals surface area contributed by atoms with Gasteiger partial charge in [-0.15, -0.1) is 0 Å². The molecule has 0 aliphatic heterocycles. The summed E-state index contributed by atoms with van der Waals surface area (Å²) in [4.78, 5) is 4.73. The van der Waals surface area contributed by atoms with E-state index in [0.29, 0.717) is 0 Å². The van der Waals surface area contributed by atoms with Gasteiger partial charge in [0.15, 0.2) is 11.2 Å². The third-order valence-corrected chi connectivity index (χ3v) is 20.9. The predicted octanol–water partition coefficient (Wildman–Crippen LogP) is 28.3. The molecule has 2 aromatic heterocycles. The maximum absolute atomic E-state index is 6.95. The molecular weight excluding hydrogens is 1240 g/mol. The van der Waals surface area contributed by atoms with Gasteiger partial charge in [-0.2, -0.15) is 0 Å². The Bertz CT molecular complexity index is 6870. The molecule has 0 aliphatic carbocycles. The van der Waals surface area contributed by atoms with Gasteiger partial charge in [0.1, 0.15) is 11.2 Å². The van der Waals surface area contributed by atoms with Gasteiger partial charge in [0.25, 0.3) is 0 Å². The number of rotatable bonds is 9. The number of nitrogens with zero attached hydrogens (tertiary/aromatic N) is 2. The normalized spacial score (nSPS) is 11.7. The number of hydrogen-bond donors (Lipinski definition) is 0. The lowest BCUT2D eigenvalue weighted by Gasteiger charge is -2.27. The first-order chi connectivity index (χ1) is 50.6. The van der Waals surface area contributed by atoms with Crippen LogP contribution >= 0.6 is 0 Å². The van der Waals surface area contributed by atoms with Gasteiger partial charge in [0, 0.05) is 54.8 Å². The summed E-state index contributed by atoms with van der Waals surface area (Å²) in [5.41, 5.74) is 17.1. The van der Waals surface area contributed by atoms with Gasteiger partial charge in [-0.25, -0.2) is 0 Å². The van der Waals surface area contributed by atoms with Crippen LogP contribution in [0, 0.1) is 0 Å². The molecule has 102 heavy (non-hydrogen) atoms. The van der Waals surface area contributed by atoms with Crippen molar-refractivity contribution in [3.8, 4) is 33.4 Å². The molecule has 0 spiro atoms. The van der Waals surface area contributed by atoms with Crippen LogP contribution in [0.4, 0.5) is 34.1 Å². The van der Waals surface area contributed by atoms with Crippen molar-refractivity contribution in [3.05, 3.63) is 376 Å². The molecule has 4 heteroatoms. The van der Waals surface area contributed by atoms with Crippen LogP contribution in [0.25, 0.3) is 163 Å². The van der Waals surface area contributed by atoms with Crippen molar-refractivity contribution in [1.82, 2.24) is 0 Å². The monoisotopic (exact) mass is 1300 g/mol. The third-order valence-electron chi connectivity index (χ3n) is 20.9. The van der Waals surface area contributed by atoms with E-state index in [2.05, 4.69) is 386 Å². The van der Waals surface area contributed by atoms with E-state index in [4.69, 9.17) is 8.83 Å². The van der Waals surface area contributed by atoms with Crippen LogP contribution in [0.15, 0.2) is 385 Å². The number of anilines is 6. The van der Waals surface area contributed by atoms with Gasteiger partial charge in [-0.05, 0) is 170 Å². The Balaban J connectivity index is 0.000000138. The van der Waals surface area contributed by atoms with Crippen LogP contribution in [-0.2, 0) is 0 Å². The molecule has 0 saturated carbocycles. The average molecular weight is 1300 g/mol. The number of benzene rings is 19. The Labute approximate surface area is 588 Å². The summed E-state index contributed by atoms with van der Waals surface area (Å²) in [7, 11) is 0. The highest BCUT2D eigenvalue weighted by Gasteiger charge is 2.25. The van der Waals surface area contributed by atoms with Gasteiger partial charge < -0.3 is 18.6 Å². The second-order valence-corrected chi connectivity index (χ2v) is 26.6. The highest BCUT2D eigenvalue weighted by Crippen LogP contribution is 2.49. The summed E-state index contributed by atoms with van der Waals surface area (Å²) >= 11 is 0. The minimum atomic E-state index is 0.870. The van der Waals surface area contributed by atoms with Crippen LogP contribution in [-0.4, -0.2) is 0 Å². The molecule has 0 atom stereocenters. The summed E-state index contributed by atoms with van der Waals surface area (Å²) < 4.78 is 13.8. The van der Waals surface area contributed by atoms with E-state index in [1.54, 1.807) is 0 Å². The molecular formula is C98H62N2O2. The molecule has 0 fully saturated rings. The molecule has 0 saturated heterocycles. The Kier molecular flexibility index (Phi) is 13.9. The van der Waals surface area contributed by atoms with Crippen LogP contribution in [0.5, 0.6) is 0 Å². The lowest BCUT2D eigenvalue weighted by Crippen LogP contribution is -2.11. The minimum Gasteiger partial charge on any atom is -0.453 e. The zero-order chi connectivity index (χ0) is 67.2. The van der Waals surface area contributed by atoms with Gasteiger partial charge in [0.2, 0.25) is 0 Å². The summed E-state index contributed by atoms with van der Waals surface area (Å²) in [6, 6.07) is 135. The maximum Gasteiger partial charge on any atom is 0.159 e. The molecule has 0 unspecified atom stereocenters. The fourth-order valence-electron chi connectivity index (χ4n) is 16.0. The van der Waals surface area contributed by atoms with Gasteiger partial charge in [-0.3, -0.25) is 0 Å². The average Bonchev–Trinajstić information content (AvgIpc) is 1.72. The molecule has 19 aromatic carbocycles. The first kappa shape index (κ1) is 58.6. The van der Waals surface area contributed by atoms with Crippen LogP contribution in [0.2, 0.25) is 0 Å². The lowest BCUT2D eigenvalue weighted by atomic mass is 9.96. The van der Waals surface area contributed by atoms with Crippen molar-refractivity contribution < 1.29 is 8.83 Å². The van der Waals surface area contributed by atoms with Gasteiger partial charge >= 0.3 is 0 Å². The first-order valence-electron chi connectivity index (χ1n) is 34.9. The predicted molar refractivity (Wildman–Crippen MR) is 433 cm³/mol. The molecule has 0 amide bonds. The van der Waals surface area contributed by atoms with E-state index in [1.807, 2.05) is 0 Å². The smallest absolute Gasteiger partial charge is 0.159 e. The highest BCUT2D eigenvalue weighted by atomic mass is 16.3. The number of furan rings is 2. The second kappa shape index (κ2) is 24.2. The topological polar surface area (TPSA) is 32.8 Å². The molecule has 2 heterocycles. The zero-order valence-electron chi connectivity index (χ0n) is 55.5. The van der Waals surface area contributed by atoms with E-state index >= 15 is 0 Å². The third kappa shape index (κ3) is 9.83. The first-order valence-corrected chi connectivity index (χ1v) is 34.9. The van der Waals surface area contributed by atoms with E-state index in [9.17, 15) is 0 Å². The summed E-state index contributed by atoms with van der Waals surface area (Å²) in [5.74, 6) is 0. The summed E-state index contributed by atoms with van der Waals surface area (Å²) in [6.07, 6.45) is 0. The van der Waals surface area contributed by atoms with Crippen molar-refractivity contribution in [3.63, 3.8) is 0 Å². The summed E-state index contributed by atoms with van der Waals surface area (Å²) in [6.45, 7) is 0. The SMILES string of the molecule is c1ccc2c(-c3ccc(-c4ccc(N(c5cc6ccccc6c6ccccc56)c5cccc6c5oc5c7ccccc7ccc65)cc4)cc3)cccc2c1.c1ccc2c(-c3ccc(N(c4ccc5c(ccc6ccccc65)c4)c4cccc5c4oc4c6ccccc6ccc54)cc3)cccc2c1. The Morgan fingerprint density at radius 1 is 0.157 bits per heavy atom. The largest absolute Gasteiger partial charge is 0.453 e. The molecule has 0 N–H and O–H groups in total. The van der Waals surface area contributed by atoms with Gasteiger partial charge in [0.05, 0.1) is 17.1 Å². The zero-order valence-corrected chi connectivity index (χ0v) is 55.5.